The number of rotatable bonds is 5. The van der Waals surface area contributed by atoms with Crippen LogP contribution in [0.2, 0.25) is 0 Å². The number of anilines is 1. The van der Waals surface area contributed by atoms with Crippen molar-refractivity contribution in [2.24, 2.45) is 0 Å². The molecule has 6 nitrogen and oxygen atoms in total. The number of carbonyl (C=O) groups is 1. The molecule has 7 heteroatoms. The molecule has 3 rings (SSSR count). The molecule has 0 saturated carbocycles. The predicted octanol–water partition coefficient (Wildman–Crippen LogP) is 1.64. The summed E-state index contributed by atoms with van der Waals surface area (Å²) in [6.07, 6.45) is 0. The van der Waals surface area contributed by atoms with Crippen molar-refractivity contribution in [1.82, 2.24) is 4.72 Å². The highest BCUT2D eigenvalue weighted by Crippen LogP contribution is 2.28. The quantitative estimate of drug-likeness (QED) is 0.872. The highest BCUT2D eigenvalue weighted by Gasteiger charge is 2.17. The molecule has 1 aliphatic heterocycles. The summed E-state index contributed by atoms with van der Waals surface area (Å²) in [7, 11) is -3.42. The fourth-order valence-electron chi connectivity index (χ4n) is 2.27. The van der Waals surface area contributed by atoms with Gasteiger partial charge in [0.1, 0.15) is 5.75 Å². The fraction of sp³-hybridized carbons (Fsp3) is 0.188. The molecule has 0 fully saturated rings. The third-order valence-corrected chi connectivity index (χ3v) is 4.67. The minimum absolute atomic E-state index is 0.0316. The number of hydrogen-bond donors (Lipinski definition) is 2. The molecule has 0 radical (unpaired) electrons. The van der Waals surface area contributed by atoms with E-state index in [1.165, 1.54) is 0 Å². The normalized spacial score (nSPS) is 13.8. The van der Waals surface area contributed by atoms with Crippen LogP contribution < -0.4 is 14.8 Å². The molecule has 0 atom stereocenters. The van der Waals surface area contributed by atoms with Crippen molar-refractivity contribution < 1.29 is 17.9 Å². The summed E-state index contributed by atoms with van der Waals surface area (Å²) in [6.45, 7) is 0.135. The third-order valence-electron chi connectivity index (χ3n) is 3.37. The van der Waals surface area contributed by atoms with E-state index in [1.54, 1.807) is 42.5 Å². The summed E-state index contributed by atoms with van der Waals surface area (Å²) in [5, 5.41) is 2.69. The van der Waals surface area contributed by atoms with Crippen molar-refractivity contribution in [1.29, 1.82) is 0 Å². The first kappa shape index (κ1) is 15.5. The zero-order valence-electron chi connectivity index (χ0n) is 12.3. The van der Waals surface area contributed by atoms with Crippen LogP contribution in [0.1, 0.15) is 11.1 Å². The van der Waals surface area contributed by atoms with Crippen LogP contribution in [0.25, 0.3) is 0 Å². The van der Waals surface area contributed by atoms with Crippen molar-refractivity contribution in [3.63, 3.8) is 0 Å². The van der Waals surface area contributed by atoms with Gasteiger partial charge in [0.2, 0.25) is 10.0 Å². The van der Waals surface area contributed by atoms with Gasteiger partial charge in [0.15, 0.2) is 6.61 Å². The van der Waals surface area contributed by atoms with Gasteiger partial charge in [-0.2, -0.15) is 0 Å². The average Bonchev–Trinajstić information content (AvgIpc) is 2.53. The van der Waals surface area contributed by atoms with Crippen molar-refractivity contribution in [2.45, 2.75) is 12.3 Å². The number of hydrogen-bond acceptors (Lipinski definition) is 4. The van der Waals surface area contributed by atoms with Crippen LogP contribution in [0.5, 0.6) is 5.75 Å². The van der Waals surface area contributed by atoms with Gasteiger partial charge in [-0.25, -0.2) is 13.1 Å². The molecular formula is C16H16N2O4S. The molecule has 0 unspecified atom stereocenters. The Kier molecular flexibility index (Phi) is 4.31. The third kappa shape index (κ3) is 4.08. The van der Waals surface area contributed by atoms with Crippen molar-refractivity contribution in [2.75, 3.05) is 11.9 Å². The first-order chi connectivity index (χ1) is 11.0. The van der Waals surface area contributed by atoms with Crippen LogP contribution in [-0.4, -0.2) is 20.9 Å². The minimum Gasteiger partial charge on any atom is -0.482 e. The largest absolute Gasteiger partial charge is 0.482 e. The predicted molar refractivity (Wildman–Crippen MR) is 86.5 cm³/mol. The van der Waals surface area contributed by atoms with Crippen LogP contribution in [0, 0.1) is 0 Å². The molecule has 0 aliphatic carbocycles. The lowest BCUT2D eigenvalue weighted by atomic mass is 10.2. The Bertz CT molecular complexity index is 819. The molecule has 0 aromatic heterocycles. The Labute approximate surface area is 134 Å². The minimum atomic E-state index is -3.42. The van der Waals surface area contributed by atoms with E-state index in [2.05, 4.69) is 10.0 Å². The number of fused-ring (bicyclic) bond motifs is 1. The van der Waals surface area contributed by atoms with Gasteiger partial charge in [-0.1, -0.05) is 36.4 Å². The SMILES string of the molecule is O=C1COc2cc(CNS(=O)(=O)Cc3ccccc3)ccc2N1. The van der Waals surface area contributed by atoms with Crippen LogP contribution in [0.15, 0.2) is 48.5 Å². The molecule has 0 saturated heterocycles. The van der Waals surface area contributed by atoms with Crippen molar-refractivity contribution >= 4 is 21.6 Å². The van der Waals surface area contributed by atoms with Gasteiger partial charge >= 0.3 is 0 Å². The Morgan fingerprint density at radius 2 is 1.87 bits per heavy atom. The maximum Gasteiger partial charge on any atom is 0.262 e. The maximum atomic E-state index is 12.1. The lowest BCUT2D eigenvalue weighted by Gasteiger charge is -2.18. The first-order valence-corrected chi connectivity index (χ1v) is 8.74. The standard InChI is InChI=1S/C16H16N2O4S/c19-16-10-22-15-8-13(6-7-14(15)18-16)9-17-23(20,21)11-12-4-2-1-3-5-12/h1-8,17H,9-11H2,(H,18,19). The highest BCUT2D eigenvalue weighted by molar-refractivity contribution is 7.88. The number of ether oxygens (including phenoxy) is 1. The Morgan fingerprint density at radius 3 is 2.65 bits per heavy atom. The summed E-state index contributed by atoms with van der Waals surface area (Å²) < 4.78 is 32.1. The van der Waals surface area contributed by atoms with Gasteiger partial charge in [0, 0.05) is 6.54 Å². The van der Waals surface area contributed by atoms with E-state index in [-0.39, 0.29) is 24.8 Å². The zero-order valence-corrected chi connectivity index (χ0v) is 13.1. The molecule has 1 aliphatic rings. The zero-order chi connectivity index (χ0) is 16.3. The van der Waals surface area contributed by atoms with Gasteiger partial charge in [-0.3, -0.25) is 4.79 Å². The molecule has 0 bridgehead atoms. The monoisotopic (exact) mass is 332 g/mol. The Morgan fingerprint density at radius 1 is 1.09 bits per heavy atom. The van der Waals surface area contributed by atoms with Crippen LogP contribution >= 0.6 is 0 Å². The molecule has 2 aromatic rings. The summed E-state index contributed by atoms with van der Waals surface area (Å²) in [6, 6.07) is 14.2. The second-order valence-electron chi connectivity index (χ2n) is 5.23. The van der Waals surface area contributed by atoms with Gasteiger partial charge in [-0.15, -0.1) is 0 Å². The molecule has 120 valence electrons. The maximum absolute atomic E-state index is 12.1. The fourth-order valence-corrected chi connectivity index (χ4v) is 3.39. The molecule has 1 amide bonds. The number of benzene rings is 2. The summed E-state index contributed by atoms with van der Waals surface area (Å²) in [5.74, 6) is 0.281. The Balaban J connectivity index is 1.65. The van der Waals surface area contributed by atoms with E-state index in [0.29, 0.717) is 11.4 Å². The summed E-state index contributed by atoms with van der Waals surface area (Å²) >= 11 is 0. The summed E-state index contributed by atoms with van der Waals surface area (Å²) in [5.41, 5.74) is 2.09. The lowest BCUT2D eigenvalue weighted by Crippen LogP contribution is -2.26. The van der Waals surface area contributed by atoms with E-state index in [9.17, 15) is 13.2 Å². The number of sulfonamides is 1. The Hall–Kier alpha value is -2.38. The van der Waals surface area contributed by atoms with Gasteiger partial charge < -0.3 is 10.1 Å². The van der Waals surface area contributed by atoms with Gasteiger partial charge in [-0.05, 0) is 23.3 Å². The average molecular weight is 332 g/mol. The highest BCUT2D eigenvalue weighted by atomic mass is 32.2. The van der Waals surface area contributed by atoms with E-state index in [1.807, 2.05) is 6.07 Å². The second-order valence-corrected chi connectivity index (χ2v) is 7.04. The number of nitrogens with one attached hydrogen (secondary N) is 2. The van der Waals surface area contributed by atoms with E-state index >= 15 is 0 Å². The van der Waals surface area contributed by atoms with Gasteiger partial charge in [0.25, 0.3) is 5.91 Å². The second kappa shape index (κ2) is 6.39. The number of amides is 1. The van der Waals surface area contributed by atoms with E-state index < -0.39 is 10.0 Å². The topological polar surface area (TPSA) is 84.5 Å². The lowest BCUT2D eigenvalue weighted by molar-refractivity contribution is -0.118. The molecule has 1 heterocycles. The van der Waals surface area contributed by atoms with Gasteiger partial charge in [0.05, 0.1) is 11.4 Å². The van der Waals surface area contributed by atoms with E-state index in [0.717, 1.165) is 11.1 Å². The molecule has 0 spiro atoms. The summed E-state index contributed by atoms with van der Waals surface area (Å²) in [4.78, 5) is 11.2. The molecule has 23 heavy (non-hydrogen) atoms. The van der Waals surface area contributed by atoms with Crippen LogP contribution in [-0.2, 0) is 27.1 Å². The van der Waals surface area contributed by atoms with Crippen LogP contribution in [0.4, 0.5) is 5.69 Å². The molecule has 2 N–H and O–H groups in total. The molecule has 2 aromatic carbocycles. The molecular weight excluding hydrogens is 316 g/mol. The van der Waals surface area contributed by atoms with Crippen molar-refractivity contribution in [3.05, 3.63) is 59.7 Å². The van der Waals surface area contributed by atoms with E-state index in [4.69, 9.17) is 4.74 Å². The number of carbonyl (C=O) groups excluding carboxylic acids is 1. The van der Waals surface area contributed by atoms with Crippen molar-refractivity contribution in [3.8, 4) is 5.75 Å². The smallest absolute Gasteiger partial charge is 0.262 e. The van der Waals surface area contributed by atoms with Crippen LogP contribution in [0.3, 0.4) is 0 Å². The first-order valence-electron chi connectivity index (χ1n) is 7.09.